The SMILES string of the molecule is CCCCC/C=C\C/C=C\CCCCCCCCCCCC(=O)OCCCCCCCCCC/C=C\CCCCCCCCCC(=O)NC(CO)C(O)/C=C/CCCCCCCCCCCCCCCCCCCCC. The lowest BCUT2D eigenvalue weighted by Gasteiger charge is -2.20. The van der Waals surface area contributed by atoms with E-state index in [1.807, 2.05) is 6.08 Å². The molecular weight excluding hydrogens is 935 g/mol. The van der Waals surface area contributed by atoms with Crippen LogP contribution in [0.2, 0.25) is 0 Å². The monoisotopic (exact) mass is 1070 g/mol. The second kappa shape index (κ2) is 65.3. The van der Waals surface area contributed by atoms with Gasteiger partial charge in [-0.05, 0) is 89.9 Å². The van der Waals surface area contributed by atoms with Gasteiger partial charge in [0.05, 0.1) is 25.4 Å². The number of hydrogen-bond donors (Lipinski definition) is 3. The lowest BCUT2D eigenvalue weighted by molar-refractivity contribution is -0.143. The van der Waals surface area contributed by atoms with Gasteiger partial charge in [-0.3, -0.25) is 9.59 Å². The molecule has 76 heavy (non-hydrogen) atoms. The summed E-state index contributed by atoms with van der Waals surface area (Å²) >= 11 is 0. The Balaban J connectivity index is 3.46. The average molecular weight is 1070 g/mol. The molecule has 0 spiro atoms. The van der Waals surface area contributed by atoms with Gasteiger partial charge in [-0.25, -0.2) is 0 Å². The van der Waals surface area contributed by atoms with Gasteiger partial charge in [0, 0.05) is 12.8 Å². The molecule has 6 nitrogen and oxygen atoms in total. The maximum absolute atomic E-state index is 12.5. The zero-order valence-corrected chi connectivity index (χ0v) is 51.0. The zero-order chi connectivity index (χ0) is 55.0. The van der Waals surface area contributed by atoms with Crippen LogP contribution in [0, 0.1) is 0 Å². The molecule has 0 saturated heterocycles. The van der Waals surface area contributed by atoms with Crippen molar-refractivity contribution in [3.05, 3.63) is 48.6 Å². The van der Waals surface area contributed by atoms with E-state index in [2.05, 4.69) is 55.6 Å². The standard InChI is InChI=1S/C70H131NO5/c1-3-5-7-9-11-13-15-17-19-21-23-24-27-30-34-38-42-46-50-54-58-62-68(73)67(66-72)71-69(74)63-59-55-51-47-43-39-35-31-28-25-29-33-37-41-45-49-53-57-61-65-76-70(75)64-60-56-52-48-44-40-36-32-26-22-20-18-16-14-12-10-8-6-4-2/h12,14,18,20,25,28,58,62,67-68,72-73H,3-11,13,15-17,19,21-24,26-27,29-57,59-61,63-66H2,1-2H3,(H,71,74)/b14-12-,20-18-,28-25-,62-58+. The van der Waals surface area contributed by atoms with Crippen LogP contribution in [0.15, 0.2) is 48.6 Å². The number of aliphatic hydroxyl groups is 2. The van der Waals surface area contributed by atoms with Crippen molar-refractivity contribution in [1.29, 1.82) is 0 Å². The van der Waals surface area contributed by atoms with E-state index in [9.17, 15) is 19.8 Å². The molecule has 0 radical (unpaired) electrons. The van der Waals surface area contributed by atoms with Crippen LogP contribution in [-0.4, -0.2) is 47.4 Å². The predicted molar refractivity (Wildman–Crippen MR) is 333 cm³/mol. The lowest BCUT2D eigenvalue weighted by Crippen LogP contribution is -2.45. The number of aliphatic hydroxyl groups excluding tert-OH is 2. The Hall–Kier alpha value is -2.18. The Labute approximate surface area is 474 Å². The molecule has 0 fully saturated rings. The van der Waals surface area contributed by atoms with Crippen LogP contribution >= 0.6 is 0 Å². The van der Waals surface area contributed by atoms with Gasteiger partial charge in [-0.1, -0.05) is 306 Å². The fraction of sp³-hybridized carbons (Fsp3) is 0.857. The summed E-state index contributed by atoms with van der Waals surface area (Å²) < 4.78 is 5.50. The highest BCUT2D eigenvalue weighted by molar-refractivity contribution is 5.76. The van der Waals surface area contributed by atoms with E-state index in [-0.39, 0.29) is 18.5 Å². The maximum atomic E-state index is 12.5. The number of nitrogens with one attached hydrogen (secondary N) is 1. The fourth-order valence-corrected chi connectivity index (χ4v) is 10.4. The second-order valence-corrected chi connectivity index (χ2v) is 23.1. The molecule has 6 heteroatoms. The van der Waals surface area contributed by atoms with Gasteiger partial charge >= 0.3 is 5.97 Å². The Morgan fingerprint density at radius 3 is 1.04 bits per heavy atom. The van der Waals surface area contributed by atoms with E-state index < -0.39 is 12.1 Å². The number of esters is 1. The first kappa shape index (κ1) is 73.8. The van der Waals surface area contributed by atoms with Crippen molar-refractivity contribution in [3.63, 3.8) is 0 Å². The smallest absolute Gasteiger partial charge is 0.305 e. The van der Waals surface area contributed by atoms with Gasteiger partial charge in [-0.15, -0.1) is 0 Å². The molecule has 2 unspecified atom stereocenters. The average Bonchev–Trinajstić information content (AvgIpc) is 3.42. The number of carbonyl (C=O) groups is 2. The zero-order valence-electron chi connectivity index (χ0n) is 51.0. The minimum atomic E-state index is -0.853. The normalized spacial score (nSPS) is 12.8. The third-order valence-corrected chi connectivity index (χ3v) is 15.6. The summed E-state index contributed by atoms with van der Waals surface area (Å²) in [7, 11) is 0. The molecule has 0 aromatic carbocycles. The van der Waals surface area contributed by atoms with Gasteiger partial charge < -0.3 is 20.3 Å². The summed E-state index contributed by atoms with van der Waals surface area (Å²) in [4.78, 5) is 24.6. The summed E-state index contributed by atoms with van der Waals surface area (Å²) in [6.07, 6.45) is 84.5. The number of rotatable bonds is 63. The van der Waals surface area contributed by atoms with Crippen LogP contribution in [0.4, 0.5) is 0 Å². The Kier molecular flexibility index (Phi) is 63.5. The summed E-state index contributed by atoms with van der Waals surface area (Å²) in [5, 5.41) is 23.2. The largest absolute Gasteiger partial charge is 0.466 e. The molecule has 0 bridgehead atoms. The molecule has 0 aliphatic heterocycles. The van der Waals surface area contributed by atoms with Crippen molar-refractivity contribution in [2.45, 2.75) is 373 Å². The first-order valence-electron chi connectivity index (χ1n) is 33.9. The minimum Gasteiger partial charge on any atom is -0.466 e. The van der Waals surface area contributed by atoms with Crippen LogP contribution in [-0.2, 0) is 14.3 Å². The molecular formula is C70H131NO5. The molecule has 2 atom stereocenters. The number of ether oxygens (including phenoxy) is 1. The van der Waals surface area contributed by atoms with E-state index in [0.29, 0.717) is 19.4 Å². The van der Waals surface area contributed by atoms with Crippen LogP contribution in [0.25, 0.3) is 0 Å². The maximum Gasteiger partial charge on any atom is 0.305 e. The number of carbonyl (C=O) groups excluding carboxylic acids is 2. The summed E-state index contributed by atoms with van der Waals surface area (Å²) in [6, 6.07) is -0.637. The highest BCUT2D eigenvalue weighted by Gasteiger charge is 2.18. The van der Waals surface area contributed by atoms with Gasteiger partial charge in [0.2, 0.25) is 5.91 Å². The second-order valence-electron chi connectivity index (χ2n) is 23.1. The van der Waals surface area contributed by atoms with Gasteiger partial charge in [-0.2, -0.15) is 0 Å². The highest BCUT2D eigenvalue weighted by Crippen LogP contribution is 2.17. The molecule has 0 saturated carbocycles. The lowest BCUT2D eigenvalue weighted by atomic mass is 10.0. The third-order valence-electron chi connectivity index (χ3n) is 15.6. The van der Waals surface area contributed by atoms with E-state index >= 15 is 0 Å². The Morgan fingerprint density at radius 1 is 0.368 bits per heavy atom. The highest BCUT2D eigenvalue weighted by atomic mass is 16.5. The first-order valence-corrected chi connectivity index (χ1v) is 33.9. The van der Waals surface area contributed by atoms with Crippen LogP contribution in [0.3, 0.4) is 0 Å². The third kappa shape index (κ3) is 61.0. The molecule has 3 N–H and O–H groups in total. The van der Waals surface area contributed by atoms with Gasteiger partial charge in [0.25, 0.3) is 0 Å². The predicted octanol–water partition coefficient (Wildman–Crippen LogP) is 21.7. The minimum absolute atomic E-state index is 0.000336. The molecule has 446 valence electrons. The van der Waals surface area contributed by atoms with Crippen molar-refractivity contribution in [1.82, 2.24) is 5.32 Å². The molecule has 0 rings (SSSR count). The van der Waals surface area contributed by atoms with E-state index in [4.69, 9.17) is 4.74 Å². The number of amides is 1. The van der Waals surface area contributed by atoms with Crippen LogP contribution in [0.1, 0.15) is 361 Å². The number of hydrogen-bond acceptors (Lipinski definition) is 5. The van der Waals surface area contributed by atoms with Crippen LogP contribution < -0.4 is 5.32 Å². The van der Waals surface area contributed by atoms with Crippen molar-refractivity contribution >= 4 is 11.9 Å². The Morgan fingerprint density at radius 2 is 0.658 bits per heavy atom. The molecule has 0 aromatic heterocycles. The molecule has 0 aliphatic rings. The van der Waals surface area contributed by atoms with E-state index in [1.165, 1.54) is 276 Å². The number of allylic oxidation sites excluding steroid dienone is 7. The van der Waals surface area contributed by atoms with Crippen molar-refractivity contribution in [3.8, 4) is 0 Å². The first-order chi connectivity index (χ1) is 37.5. The van der Waals surface area contributed by atoms with Crippen molar-refractivity contribution in [2.75, 3.05) is 13.2 Å². The summed E-state index contributed by atoms with van der Waals surface area (Å²) in [6.45, 7) is 4.89. The topological polar surface area (TPSA) is 95.9 Å². The quantitative estimate of drug-likeness (QED) is 0.0320. The van der Waals surface area contributed by atoms with Crippen molar-refractivity contribution in [2.24, 2.45) is 0 Å². The Bertz CT molecular complexity index is 1270. The van der Waals surface area contributed by atoms with Crippen molar-refractivity contribution < 1.29 is 24.5 Å². The molecule has 0 heterocycles. The van der Waals surface area contributed by atoms with Gasteiger partial charge in [0.1, 0.15) is 0 Å². The van der Waals surface area contributed by atoms with Gasteiger partial charge in [0.15, 0.2) is 0 Å². The fourth-order valence-electron chi connectivity index (χ4n) is 10.4. The molecule has 0 aliphatic carbocycles. The molecule has 0 aromatic rings. The van der Waals surface area contributed by atoms with E-state index in [0.717, 1.165) is 57.8 Å². The van der Waals surface area contributed by atoms with E-state index in [1.54, 1.807) is 6.08 Å². The van der Waals surface area contributed by atoms with Crippen LogP contribution in [0.5, 0.6) is 0 Å². The number of unbranched alkanes of at least 4 members (excludes halogenated alkanes) is 46. The molecule has 1 amide bonds. The summed E-state index contributed by atoms with van der Waals surface area (Å²) in [5.41, 5.74) is 0. The summed E-state index contributed by atoms with van der Waals surface area (Å²) in [5.74, 6) is -0.0755.